The molecule has 0 atom stereocenters. The number of carbonyl (C=O) groups is 1. The van der Waals surface area contributed by atoms with Gasteiger partial charge >= 0.3 is 0 Å². The maximum atomic E-state index is 11.0. The van der Waals surface area contributed by atoms with Gasteiger partial charge in [0.2, 0.25) is 5.91 Å². The van der Waals surface area contributed by atoms with E-state index in [4.69, 9.17) is 5.73 Å². The Hall–Kier alpha value is -2.53. The first-order chi connectivity index (χ1) is 9.65. The first-order valence-electron chi connectivity index (χ1n) is 6.35. The van der Waals surface area contributed by atoms with Gasteiger partial charge in [-0.1, -0.05) is 30.3 Å². The van der Waals surface area contributed by atoms with E-state index in [1.807, 2.05) is 36.4 Å². The van der Waals surface area contributed by atoms with Crippen LogP contribution in [0.1, 0.15) is 12.5 Å². The fourth-order valence-corrected chi connectivity index (χ4v) is 1.79. The minimum atomic E-state index is -0.118. The van der Waals surface area contributed by atoms with Gasteiger partial charge in [-0.15, -0.1) is 0 Å². The van der Waals surface area contributed by atoms with E-state index in [-0.39, 0.29) is 5.91 Å². The molecule has 0 aliphatic heterocycles. The second kappa shape index (κ2) is 6.58. The number of hydrogen-bond donors (Lipinski definition) is 4. The van der Waals surface area contributed by atoms with Crippen LogP contribution in [0.25, 0.3) is 0 Å². The number of benzene rings is 2. The third-order valence-corrected chi connectivity index (χ3v) is 2.73. The molecule has 5 N–H and O–H groups in total. The number of hydrogen-bond acceptors (Lipinski definition) is 4. The molecule has 0 saturated carbocycles. The summed E-state index contributed by atoms with van der Waals surface area (Å²) in [7, 11) is 0. The number of carbonyl (C=O) groups excluding carboxylic acids is 1. The Balaban J connectivity index is 1.91. The molecule has 0 aliphatic carbocycles. The van der Waals surface area contributed by atoms with Crippen molar-refractivity contribution in [2.24, 2.45) is 0 Å². The molecule has 5 heteroatoms. The molecule has 0 radical (unpaired) electrons. The summed E-state index contributed by atoms with van der Waals surface area (Å²) in [6, 6.07) is 15.4. The summed E-state index contributed by atoms with van der Waals surface area (Å²) >= 11 is 0. The number of amides is 1. The van der Waals surface area contributed by atoms with E-state index >= 15 is 0 Å². The quantitative estimate of drug-likeness (QED) is 0.497. The minimum absolute atomic E-state index is 0.118. The molecule has 2 aromatic carbocycles. The van der Waals surface area contributed by atoms with Gasteiger partial charge in [0.1, 0.15) is 0 Å². The predicted octanol–water partition coefficient (Wildman–Crippen LogP) is 2.34. The standard InChI is InChI=1S/C15H18N4O/c1-11(20)18-13-7-8-15(14(16)9-13)19-17-10-12-5-3-2-4-6-12/h2-9,17,19H,10,16H2,1H3,(H,18,20). The molecule has 1 amide bonds. The Bertz CT molecular complexity index is 584. The Labute approximate surface area is 118 Å². The van der Waals surface area contributed by atoms with Crippen LogP contribution < -0.4 is 21.9 Å². The molecule has 5 nitrogen and oxygen atoms in total. The van der Waals surface area contributed by atoms with Crippen molar-refractivity contribution < 1.29 is 4.79 Å². The highest BCUT2D eigenvalue weighted by atomic mass is 16.1. The van der Waals surface area contributed by atoms with Crippen LogP contribution >= 0.6 is 0 Å². The van der Waals surface area contributed by atoms with E-state index in [2.05, 4.69) is 16.2 Å². The molecule has 0 spiro atoms. The lowest BCUT2D eigenvalue weighted by Gasteiger charge is -2.12. The monoisotopic (exact) mass is 270 g/mol. The summed E-state index contributed by atoms with van der Waals surface area (Å²) < 4.78 is 0. The summed E-state index contributed by atoms with van der Waals surface area (Å²) in [4.78, 5) is 11.0. The molecule has 20 heavy (non-hydrogen) atoms. The third kappa shape index (κ3) is 4.00. The normalized spacial score (nSPS) is 10.1. The number of hydrazine groups is 1. The van der Waals surface area contributed by atoms with Crippen molar-refractivity contribution in [2.75, 3.05) is 16.5 Å². The van der Waals surface area contributed by atoms with Crippen molar-refractivity contribution in [3.8, 4) is 0 Å². The Kier molecular flexibility index (Phi) is 4.57. The van der Waals surface area contributed by atoms with Gasteiger partial charge in [0, 0.05) is 19.2 Å². The number of nitrogens with two attached hydrogens (primary N) is 1. The largest absolute Gasteiger partial charge is 0.397 e. The van der Waals surface area contributed by atoms with Gasteiger partial charge in [-0.25, -0.2) is 5.43 Å². The van der Waals surface area contributed by atoms with Gasteiger partial charge in [0.05, 0.1) is 11.4 Å². The molecule has 2 rings (SSSR count). The van der Waals surface area contributed by atoms with Crippen molar-refractivity contribution in [1.29, 1.82) is 0 Å². The lowest BCUT2D eigenvalue weighted by molar-refractivity contribution is -0.114. The zero-order valence-corrected chi connectivity index (χ0v) is 11.3. The van der Waals surface area contributed by atoms with Crippen LogP contribution in [0.5, 0.6) is 0 Å². The average molecular weight is 270 g/mol. The van der Waals surface area contributed by atoms with Crippen LogP contribution in [0, 0.1) is 0 Å². The summed E-state index contributed by atoms with van der Waals surface area (Å²) in [5.41, 5.74) is 15.3. The van der Waals surface area contributed by atoms with Gasteiger partial charge in [-0.05, 0) is 23.8 Å². The summed E-state index contributed by atoms with van der Waals surface area (Å²) in [6.07, 6.45) is 0. The van der Waals surface area contributed by atoms with Gasteiger partial charge in [-0.3, -0.25) is 4.79 Å². The fourth-order valence-electron chi connectivity index (χ4n) is 1.79. The Morgan fingerprint density at radius 1 is 1.15 bits per heavy atom. The van der Waals surface area contributed by atoms with Crippen LogP contribution in [0.4, 0.5) is 17.1 Å². The van der Waals surface area contributed by atoms with E-state index in [9.17, 15) is 4.79 Å². The van der Waals surface area contributed by atoms with E-state index in [1.165, 1.54) is 12.5 Å². The van der Waals surface area contributed by atoms with Crippen molar-refractivity contribution in [3.63, 3.8) is 0 Å². The lowest BCUT2D eigenvalue weighted by Crippen LogP contribution is -2.21. The molecule has 0 saturated heterocycles. The first-order valence-corrected chi connectivity index (χ1v) is 6.35. The van der Waals surface area contributed by atoms with Crippen molar-refractivity contribution >= 4 is 23.0 Å². The van der Waals surface area contributed by atoms with Crippen LogP contribution in [-0.4, -0.2) is 5.91 Å². The molecular formula is C15H18N4O. The molecular weight excluding hydrogens is 252 g/mol. The van der Waals surface area contributed by atoms with Crippen LogP contribution in [0.3, 0.4) is 0 Å². The molecule has 0 aromatic heterocycles. The van der Waals surface area contributed by atoms with Crippen LogP contribution in [0.15, 0.2) is 48.5 Å². The third-order valence-electron chi connectivity index (χ3n) is 2.73. The van der Waals surface area contributed by atoms with Gasteiger partial charge in [-0.2, -0.15) is 0 Å². The van der Waals surface area contributed by atoms with Crippen molar-refractivity contribution in [1.82, 2.24) is 5.43 Å². The molecule has 2 aromatic rings. The number of nitrogen functional groups attached to an aromatic ring is 1. The highest BCUT2D eigenvalue weighted by Crippen LogP contribution is 2.22. The maximum absolute atomic E-state index is 11.0. The second-order valence-corrected chi connectivity index (χ2v) is 4.45. The van der Waals surface area contributed by atoms with E-state index in [1.54, 1.807) is 12.1 Å². The van der Waals surface area contributed by atoms with Crippen molar-refractivity contribution in [2.45, 2.75) is 13.5 Å². The summed E-state index contributed by atoms with van der Waals surface area (Å²) in [6.45, 7) is 2.15. The zero-order valence-electron chi connectivity index (χ0n) is 11.3. The summed E-state index contributed by atoms with van der Waals surface area (Å²) in [5, 5.41) is 2.69. The summed E-state index contributed by atoms with van der Waals surface area (Å²) in [5.74, 6) is -0.118. The number of rotatable bonds is 5. The van der Waals surface area contributed by atoms with E-state index in [0.29, 0.717) is 17.9 Å². The predicted molar refractivity (Wildman–Crippen MR) is 82.1 cm³/mol. The van der Waals surface area contributed by atoms with Gasteiger partial charge in [0.25, 0.3) is 0 Å². The SMILES string of the molecule is CC(=O)Nc1ccc(NNCc2ccccc2)c(N)c1. The molecule has 0 heterocycles. The van der Waals surface area contributed by atoms with Gasteiger partial charge < -0.3 is 16.5 Å². The van der Waals surface area contributed by atoms with Crippen LogP contribution in [-0.2, 0) is 11.3 Å². The lowest BCUT2D eigenvalue weighted by atomic mass is 10.2. The smallest absolute Gasteiger partial charge is 0.221 e. The Morgan fingerprint density at radius 2 is 1.90 bits per heavy atom. The number of anilines is 3. The topological polar surface area (TPSA) is 79.2 Å². The molecule has 104 valence electrons. The highest BCUT2D eigenvalue weighted by molar-refractivity contribution is 5.90. The molecule has 0 aliphatic rings. The minimum Gasteiger partial charge on any atom is -0.397 e. The van der Waals surface area contributed by atoms with E-state index < -0.39 is 0 Å². The van der Waals surface area contributed by atoms with Crippen molar-refractivity contribution in [3.05, 3.63) is 54.1 Å². The molecule has 0 bridgehead atoms. The molecule has 0 fully saturated rings. The highest BCUT2D eigenvalue weighted by Gasteiger charge is 2.01. The zero-order chi connectivity index (χ0) is 14.4. The maximum Gasteiger partial charge on any atom is 0.221 e. The number of nitrogens with one attached hydrogen (secondary N) is 3. The molecule has 0 unspecified atom stereocenters. The van der Waals surface area contributed by atoms with E-state index in [0.717, 1.165) is 5.69 Å². The Morgan fingerprint density at radius 3 is 2.55 bits per heavy atom. The first kappa shape index (κ1) is 13.9. The fraction of sp³-hybridized carbons (Fsp3) is 0.133. The van der Waals surface area contributed by atoms with Gasteiger partial charge in [0.15, 0.2) is 0 Å². The second-order valence-electron chi connectivity index (χ2n) is 4.45. The average Bonchev–Trinajstić information content (AvgIpc) is 2.42. The van der Waals surface area contributed by atoms with Crippen LogP contribution in [0.2, 0.25) is 0 Å².